The summed E-state index contributed by atoms with van der Waals surface area (Å²) in [5, 5.41) is 10.1. The highest BCUT2D eigenvalue weighted by Gasteiger charge is 2.19. The summed E-state index contributed by atoms with van der Waals surface area (Å²) in [6.07, 6.45) is 0. The molecular formula is C46H30. The second-order valence-corrected chi connectivity index (χ2v) is 12.1. The van der Waals surface area contributed by atoms with E-state index in [-0.39, 0.29) is 0 Å². The van der Waals surface area contributed by atoms with Gasteiger partial charge < -0.3 is 0 Å². The Morgan fingerprint density at radius 1 is 0.217 bits per heavy atom. The molecule has 0 N–H and O–H groups in total. The molecule has 0 heterocycles. The highest BCUT2D eigenvalue weighted by molar-refractivity contribution is 6.21. The molecule has 0 aliphatic carbocycles. The molecule has 0 spiro atoms. The van der Waals surface area contributed by atoms with Gasteiger partial charge in [-0.15, -0.1) is 0 Å². The summed E-state index contributed by atoms with van der Waals surface area (Å²) >= 11 is 0. The van der Waals surface area contributed by atoms with Crippen LogP contribution >= 0.6 is 0 Å². The van der Waals surface area contributed by atoms with Gasteiger partial charge in [-0.2, -0.15) is 0 Å². The van der Waals surface area contributed by atoms with Crippen LogP contribution in [-0.2, 0) is 0 Å². The SMILES string of the molecule is c1ccc(-c2c3ccccc3c(-c3ccc(-c4ccc5ccccc5c4)c(-c4cccc5ccccc45)c3)c3ccccc23)cc1. The van der Waals surface area contributed by atoms with E-state index in [0.717, 1.165) is 0 Å². The predicted octanol–water partition coefficient (Wildman–Crippen LogP) is 13.0. The highest BCUT2D eigenvalue weighted by Crippen LogP contribution is 2.46. The Labute approximate surface area is 268 Å². The van der Waals surface area contributed by atoms with Crippen molar-refractivity contribution in [3.63, 3.8) is 0 Å². The molecule has 9 aromatic carbocycles. The third kappa shape index (κ3) is 4.30. The fraction of sp³-hybridized carbons (Fsp3) is 0. The van der Waals surface area contributed by atoms with E-state index in [1.807, 2.05) is 0 Å². The van der Waals surface area contributed by atoms with Crippen LogP contribution < -0.4 is 0 Å². The maximum Gasteiger partial charge on any atom is -0.00261 e. The Hall–Kier alpha value is -5.98. The highest BCUT2D eigenvalue weighted by atomic mass is 14.2. The lowest BCUT2D eigenvalue weighted by molar-refractivity contribution is 1.60. The zero-order valence-corrected chi connectivity index (χ0v) is 25.3. The van der Waals surface area contributed by atoms with Gasteiger partial charge in [0.1, 0.15) is 0 Å². The zero-order valence-electron chi connectivity index (χ0n) is 25.3. The Balaban J connectivity index is 1.37. The van der Waals surface area contributed by atoms with Crippen molar-refractivity contribution in [3.05, 3.63) is 182 Å². The third-order valence-electron chi connectivity index (χ3n) is 9.44. The number of hydrogen-bond acceptors (Lipinski definition) is 0. The van der Waals surface area contributed by atoms with Gasteiger partial charge in [-0.25, -0.2) is 0 Å². The molecule has 214 valence electrons. The molecule has 0 aliphatic rings. The summed E-state index contributed by atoms with van der Waals surface area (Å²) in [7, 11) is 0. The van der Waals surface area contributed by atoms with E-state index in [4.69, 9.17) is 0 Å². The van der Waals surface area contributed by atoms with Crippen LogP contribution in [0.2, 0.25) is 0 Å². The van der Waals surface area contributed by atoms with Gasteiger partial charge in [0.15, 0.2) is 0 Å². The van der Waals surface area contributed by atoms with Gasteiger partial charge in [0.25, 0.3) is 0 Å². The quantitative estimate of drug-likeness (QED) is 0.181. The standard InChI is InChI=1S/C46H30/c1-2-15-33(16-3-1)45-40-20-8-10-22-42(40)46(43-23-11-9-21-41(43)45)36-27-28-38(35-26-25-31-13-4-5-17-34(31)29-35)44(30-36)39-24-12-18-32-14-6-7-19-37(32)39/h1-30H. The van der Waals surface area contributed by atoms with Gasteiger partial charge >= 0.3 is 0 Å². The summed E-state index contributed by atoms with van der Waals surface area (Å²) in [5.74, 6) is 0. The van der Waals surface area contributed by atoms with E-state index >= 15 is 0 Å². The van der Waals surface area contributed by atoms with E-state index < -0.39 is 0 Å². The van der Waals surface area contributed by atoms with Gasteiger partial charge in [-0.3, -0.25) is 0 Å². The molecule has 0 nitrogen and oxygen atoms in total. The lowest BCUT2D eigenvalue weighted by Crippen LogP contribution is -1.93. The minimum absolute atomic E-state index is 1.22. The fourth-order valence-corrected chi connectivity index (χ4v) is 7.35. The van der Waals surface area contributed by atoms with E-state index in [0.29, 0.717) is 0 Å². The Morgan fingerprint density at radius 2 is 0.739 bits per heavy atom. The summed E-state index contributed by atoms with van der Waals surface area (Å²) in [5.41, 5.74) is 9.98. The largest absolute Gasteiger partial charge is 0.0622 e. The van der Waals surface area contributed by atoms with Crippen molar-refractivity contribution in [1.29, 1.82) is 0 Å². The summed E-state index contributed by atoms with van der Waals surface area (Å²) in [6, 6.07) is 66.6. The molecule has 0 aromatic heterocycles. The zero-order chi connectivity index (χ0) is 30.5. The first kappa shape index (κ1) is 26.4. The summed E-state index contributed by atoms with van der Waals surface area (Å²) in [6.45, 7) is 0. The van der Waals surface area contributed by atoms with E-state index in [9.17, 15) is 0 Å². The lowest BCUT2D eigenvalue weighted by Gasteiger charge is -2.20. The molecule has 0 amide bonds. The molecule has 0 radical (unpaired) electrons. The fourth-order valence-electron chi connectivity index (χ4n) is 7.35. The number of rotatable bonds is 4. The maximum absolute atomic E-state index is 2.43. The average Bonchev–Trinajstić information content (AvgIpc) is 3.13. The van der Waals surface area contributed by atoms with E-state index in [1.165, 1.54) is 87.6 Å². The summed E-state index contributed by atoms with van der Waals surface area (Å²) < 4.78 is 0. The van der Waals surface area contributed by atoms with Crippen LogP contribution in [0.4, 0.5) is 0 Å². The number of benzene rings is 9. The topological polar surface area (TPSA) is 0 Å². The van der Waals surface area contributed by atoms with Crippen molar-refractivity contribution in [2.24, 2.45) is 0 Å². The van der Waals surface area contributed by atoms with Crippen molar-refractivity contribution >= 4 is 43.1 Å². The first-order valence-corrected chi connectivity index (χ1v) is 15.9. The molecule has 0 heteroatoms. The average molecular weight is 583 g/mol. The molecule has 9 rings (SSSR count). The van der Waals surface area contributed by atoms with Crippen LogP contribution in [0.25, 0.3) is 87.6 Å². The van der Waals surface area contributed by atoms with E-state index in [2.05, 4.69) is 182 Å². The van der Waals surface area contributed by atoms with Crippen molar-refractivity contribution in [2.45, 2.75) is 0 Å². The van der Waals surface area contributed by atoms with Crippen molar-refractivity contribution in [1.82, 2.24) is 0 Å². The minimum Gasteiger partial charge on any atom is -0.0622 e. The third-order valence-corrected chi connectivity index (χ3v) is 9.44. The first-order chi connectivity index (χ1) is 22.8. The van der Waals surface area contributed by atoms with Gasteiger partial charge in [-0.05, 0) is 99.7 Å². The Kier molecular flexibility index (Phi) is 6.25. The smallest absolute Gasteiger partial charge is 0.00261 e. The molecule has 0 aliphatic heterocycles. The molecule has 9 aromatic rings. The normalized spacial score (nSPS) is 11.5. The minimum atomic E-state index is 1.22. The van der Waals surface area contributed by atoms with Crippen molar-refractivity contribution in [3.8, 4) is 44.5 Å². The van der Waals surface area contributed by atoms with Crippen LogP contribution in [0.5, 0.6) is 0 Å². The van der Waals surface area contributed by atoms with Gasteiger partial charge in [0.05, 0.1) is 0 Å². The van der Waals surface area contributed by atoms with Crippen LogP contribution in [0.3, 0.4) is 0 Å². The molecule has 0 saturated carbocycles. The van der Waals surface area contributed by atoms with Crippen LogP contribution in [0.15, 0.2) is 182 Å². The van der Waals surface area contributed by atoms with Crippen LogP contribution in [0.1, 0.15) is 0 Å². The van der Waals surface area contributed by atoms with Gasteiger partial charge in [0.2, 0.25) is 0 Å². The molecular weight excluding hydrogens is 553 g/mol. The molecule has 0 bridgehead atoms. The van der Waals surface area contributed by atoms with Crippen molar-refractivity contribution < 1.29 is 0 Å². The monoisotopic (exact) mass is 582 g/mol. The Bertz CT molecular complexity index is 2510. The second-order valence-electron chi connectivity index (χ2n) is 12.1. The molecule has 0 saturated heterocycles. The van der Waals surface area contributed by atoms with Crippen LogP contribution in [0, 0.1) is 0 Å². The van der Waals surface area contributed by atoms with Crippen molar-refractivity contribution in [2.75, 3.05) is 0 Å². The molecule has 0 fully saturated rings. The Morgan fingerprint density at radius 3 is 1.43 bits per heavy atom. The predicted molar refractivity (Wildman–Crippen MR) is 198 cm³/mol. The van der Waals surface area contributed by atoms with Gasteiger partial charge in [-0.1, -0.05) is 170 Å². The van der Waals surface area contributed by atoms with E-state index in [1.54, 1.807) is 0 Å². The lowest BCUT2D eigenvalue weighted by atomic mass is 9.83. The molecule has 0 atom stereocenters. The summed E-state index contributed by atoms with van der Waals surface area (Å²) in [4.78, 5) is 0. The number of hydrogen-bond donors (Lipinski definition) is 0. The number of fused-ring (bicyclic) bond motifs is 4. The van der Waals surface area contributed by atoms with Gasteiger partial charge in [0, 0.05) is 0 Å². The van der Waals surface area contributed by atoms with Crippen LogP contribution in [-0.4, -0.2) is 0 Å². The second kappa shape index (κ2) is 10.9. The first-order valence-electron chi connectivity index (χ1n) is 15.9. The maximum atomic E-state index is 2.43. The molecule has 0 unspecified atom stereocenters. The molecule has 46 heavy (non-hydrogen) atoms.